The number of nitrogens with zero attached hydrogens (tertiary/aromatic N) is 1. The number of hydrogen-bond donors (Lipinski definition) is 4. The van der Waals surface area contributed by atoms with Gasteiger partial charge in [0.2, 0.25) is 0 Å². The maximum absolute atomic E-state index is 9.52. The molecule has 5 rings (SSSR count). The molecule has 226 valence electrons. The lowest BCUT2D eigenvalue weighted by Gasteiger charge is -2.26. The molecule has 0 aliphatic rings. The lowest BCUT2D eigenvalue weighted by Crippen LogP contribution is -2.21. The molecule has 0 aliphatic carbocycles. The van der Waals surface area contributed by atoms with E-state index in [-0.39, 0.29) is 26.4 Å². The number of aliphatic hydroxyl groups is 4. The number of rotatable bonds is 13. The van der Waals surface area contributed by atoms with E-state index in [0.29, 0.717) is 11.5 Å². The highest BCUT2D eigenvalue weighted by atomic mass is 16.5. The first-order chi connectivity index (χ1) is 21.4. The fraction of sp³-hybridized carbons (Fsp3) is 0.189. The molecule has 0 amide bonds. The van der Waals surface area contributed by atoms with E-state index in [9.17, 15) is 10.2 Å². The van der Waals surface area contributed by atoms with Gasteiger partial charge in [0, 0.05) is 17.1 Å². The first-order valence-electron chi connectivity index (χ1n) is 14.5. The van der Waals surface area contributed by atoms with Gasteiger partial charge in [-0.05, 0) is 89.8 Å². The number of hydrogen-bond acceptors (Lipinski definition) is 7. The SMILES string of the molecule is Cc1ccc(N(c2ccc(-c3ccc(OCC(O)CO)cc3)cc2)c2ccc(-c3ccc(OCC(O)CO)cc3)cc2)cc1. The summed E-state index contributed by atoms with van der Waals surface area (Å²) in [4.78, 5) is 2.22. The Bertz CT molecular complexity index is 1480. The average Bonchev–Trinajstić information content (AvgIpc) is 3.08. The Morgan fingerprint density at radius 2 is 0.773 bits per heavy atom. The van der Waals surface area contributed by atoms with Crippen LogP contribution in [0.3, 0.4) is 0 Å². The van der Waals surface area contributed by atoms with Crippen molar-refractivity contribution in [2.24, 2.45) is 0 Å². The van der Waals surface area contributed by atoms with Crippen LogP contribution in [0.5, 0.6) is 11.5 Å². The van der Waals surface area contributed by atoms with Gasteiger partial charge in [0.25, 0.3) is 0 Å². The minimum atomic E-state index is -0.902. The van der Waals surface area contributed by atoms with Crippen LogP contribution >= 0.6 is 0 Å². The number of aryl methyl sites for hydroxylation is 1. The molecular formula is C37H37NO6. The molecule has 0 radical (unpaired) electrons. The largest absolute Gasteiger partial charge is 0.491 e. The van der Waals surface area contributed by atoms with Gasteiger partial charge in [-0.3, -0.25) is 0 Å². The molecule has 5 aromatic carbocycles. The zero-order chi connectivity index (χ0) is 30.9. The maximum Gasteiger partial charge on any atom is 0.119 e. The second-order valence-electron chi connectivity index (χ2n) is 10.6. The minimum Gasteiger partial charge on any atom is -0.491 e. The number of ether oxygens (including phenoxy) is 2. The van der Waals surface area contributed by atoms with E-state index in [1.54, 1.807) is 0 Å². The Morgan fingerprint density at radius 3 is 1.09 bits per heavy atom. The van der Waals surface area contributed by atoms with Gasteiger partial charge >= 0.3 is 0 Å². The third-order valence-corrected chi connectivity index (χ3v) is 7.22. The molecular weight excluding hydrogens is 554 g/mol. The van der Waals surface area contributed by atoms with E-state index < -0.39 is 12.2 Å². The number of aliphatic hydroxyl groups excluding tert-OH is 4. The molecule has 0 aliphatic heterocycles. The van der Waals surface area contributed by atoms with Crippen LogP contribution in [0, 0.1) is 6.92 Å². The van der Waals surface area contributed by atoms with Crippen LogP contribution in [0.4, 0.5) is 17.1 Å². The van der Waals surface area contributed by atoms with E-state index in [0.717, 1.165) is 39.3 Å². The van der Waals surface area contributed by atoms with Gasteiger partial charge in [-0.2, -0.15) is 0 Å². The van der Waals surface area contributed by atoms with Crippen molar-refractivity contribution in [3.05, 3.63) is 127 Å². The number of benzene rings is 5. The monoisotopic (exact) mass is 591 g/mol. The van der Waals surface area contributed by atoms with Crippen molar-refractivity contribution in [3.63, 3.8) is 0 Å². The Hall–Kier alpha value is -4.66. The summed E-state index contributed by atoms with van der Waals surface area (Å²) in [5, 5.41) is 37.0. The summed E-state index contributed by atoms with van der Waals surface area (Å²) in [5.41, 5.74) is 8.49. The van der Waals surface area contributed by atoms with E-state index in [1.165, 1.54) is 5.56 Å². The first-order valence-corrected chi connectivity index (χ1v) is 14.5. The second-order valence-corrected chi connectivity index (χ2v) is 10.6. The summed E-state index contributed by atoms with van der Waals surface area (Å²) in [7, 11) is 0. The molecule has 0 bridgehead atoms. The van der Waals surface area contributed by atoms with Gasteiger partial charge in [0.1, 0.15) is 36.9 Å². The van der Waals surface area contributed by atoms with Gasteiger partial charge < -0.3 is 34.8 Å². The minimum absolute atomic E-state index is 0.0412. The van der Waals surface area contributed by atoms with E-state index >= 15 is 0 Å². The molecule has 0 saturated carbocycles. The Balaban J connectivity index is 1.35. The lowest BCUT2D eigenvalue weighted by atomic mass is 10.0. The normalized spacial score (nSPS) is 12.4. The number of anilines is 3. The van der Waals surface area contributed by atoms with Crippen molar-refractivity contribution in [2.75, 3.05) is 31.3 Å². The first kappa shape index (κ1) is 30.8. The molecule has 2 atom stereocenters. The van der Waals surface area contributed by atoms with Gasteiger partial charge in [-0.15, -0.1) is 0 Å². The standard InChI is InChI=1S/C37H37NO6/c1-26-2-12-31(13-3-26)38(32-14-4-27(5-15-32)29-8-18-36(19-9-29)43-24-34(41)22-39)33-16-6-28(7-17-33)30-10-20-37(21-11-30)44-25-35(42)23-40/h2-21,34-35,39-42H,22-25H2,1H3. The molecule has 44 heavy (non-hydrogen) atoms. The predicted molar refractivity (Wildman–Crippen MR) is 174 cm³/mol. The van der Waals surface area contributed by atoms with E-state index in [2.05, 4.69) is 84.6 Å². The fourth-order valence-corrected chi connectivity index (χ4v) is 4.72. The fourth-order valence-electron chi connectivity index (χ4n) is 4.72. The molecule has 0 heterocycles. The van der Waals surface area contributed by atoms with Crippen molar-refractivity contribution in [1.82, 2.24) is 0 Å². The molecule has 7 nitrogen and oxygen atoms in total. The molecule has 7 heteroatoms. The van der Waals surface area contributed by atoms with Crippen molar-refractivity contribution in [3.8, 4) is 33.8 Å². The Labute approximate surface area is 257 Å². The Morgan fingerprint density at radius 1 is 0.477 bits per heavy atom. The maximum atomic E-state index is 9.52. The van der Waals surface area contributed by atoms with Crippen molar-refractivity contribution in [1.29, 1.82) is 0 Å². The lowest BCUT2D eigenvalue weighted by molar-refractivity contribution is 0.0536. The van der Waals surface area contributed by atoms with Crippen LogP contribution in [-0.2, 0) is 0 Å². The summed E-state index contributed by atoms with van der Waals surface area (Å²) in [6.07, 6.45) is -1.80. The van der Waals surface area contributed by atoms with Gasteiger partial charge in [-0.25, -0.2) is 0 Å². The Kier molecular flexibility index (Phi) is 10.3. The topological polar surface area (TPSA) is 103 Å². The molecule has 4 N–H and O–H groups in total. The van der Waals surface area contributed by atoms with E-state index in [1.807, 2.05) is 48.5 Å². The molecule has 5 aromatic rings. The van der Waals surface area contributed by atoms with Gasteiger partial charge in [0.15, 0.2) is 0 Å². The molecule has 0 fully saturated rings. The van der Waals surface area contributed by atoms with Crippen LogP contribution in [0.1, 0.15) is 5.56 Å². The summed E-state index contributed by atoms with van der Waals surface area (Å²) in [5.74, 6) is 1.27. The smallest absolute Gasteiger partial charge is 0.119 e. The molecule has 2 unspecified atom stereocenters. The highest BCUT2D eigenvalue weighted by molar-refractivity contribution is 5.80. The summed E-state index contributed by atoms with van der Waals surface area (Å²) >= 11 is 0. The highest BCUT2D eigenvalue weighted by Gasteiger charge is 2.14. The van der Waals surface area contributed by atoms with Crippen LogP contribution in [-0.4, -0.2) is 59.1 Å². The van der Waals surface area contributed by atoms with Gasteiger partial charge in [-0.1, -0.05) is 66.2 Å². The summed E-state index contributed by atoms with van der Waals surface area (Å²) in [6, 6.07) is 40.6. The summed E-state index contributed by atoms with van der Waals surface area (Å²) in [6.45, 7) is 1.49. The quantitative estimate of drug-likeness (QED) is 0.128. The predicted octanol–water partition coefficient (Wildman–Crippen LogP) is 6.26. The summed E-state index contributed by atoms with van der Waals surface area (Å²) < 4.78 is 11.1. The molecule has 0 aromatic heterocycles. The van der Waals surface area contributed by atoms with Crippen LogP contribution < -0.4 is 14.4 Å². The van der Waals surface area contributed by atoms with Gasteiger partial charge in [0.05, 0.1) is 13.2 Å². The molecule has 0 saturated heterocycles. The van der Waals surface area contributed by atoms with Crippen LogP contribution in [0.25, 0.3) is 22.3 Å². The third kappa shape index (κ3) is 7.83. The zero-order valence-electron chi connectivity index (χ0n) is 24.6. The van der Waals surface area contributed by atoms with Crippen LogP contribution in [0.15, 0.2) is 121 Å². The third-order valence-electron chi connectivity index (χ3n) is 7.22. The van der Waals surface area contributed by atoms with Crippen LogP contribution in [0.2, 0.25) is 0 Å². The van der Waals surface area contributed by atoms with Crippen molar-refractivity contribution >= 4 is 17.1 Å². The highest BCUT2D eigenvalue weighted by Crippen LogP contribution is 2.37. The zero-order valence-corrected chi connectivity index (χ0v) is 24.6. The molecule has 0 spiro atoms. The van der Waals surface area contributed by atoms with E-state index in [4.69, 9.17) is 19.7 Å². The second kappa shape index (κ2) is 14.7. The average molecular weight is 592 g/mol. The van der Waals surface area contributed by atoms with Crippen molar-refractivity contribution < 1.29 is 29.9 Å². The van der Waals surface area contributed by atoms with Crippen molar-refractivity contribution in [2.45, 2.75) is 19.1 Å².